The van der Waals surface area contributed by atoms with Crippen molar-refractivity contribution < 1.29 is 0 Å². The van der Waals surface area contributed by atoms with E-state index in [0.29, 0.717) is 0 Å². The molecule has 134 valence electrons. The Morgan fingerprint density at radius 1 is 0.500 bits per heavy atom. The van der Waals surface area contributed by atoms with Crippen LogP contribution < -0.4 is 0 Å². The van der Waals surface area contributed by atoms with Gasteiger partial charge in [-0.3, -0.25) is 0 Å². The molecule has 2 heterocycles. The summed E-state index contributed by atoms with van der Waals surface area (Å²) >= 11 is 4.60. The Morgan fingerprint density at radius 2 is 0.893 bits per heavy atom. The summed E-state index contributed by atoms with van der Waals surface area (Å²) in [5.41, 5.74) is 6.69. The minimum atomic E-state index is 0.957. The van der Waals surface area contributed by atoms with Gasteiger partial charge in [-0.15, -0.1) is 0 Å². The van der Waals surface area contributed by atoms with Crippen molar-refractivity contribution in [3.63, 3.8) is 0 Å². The number of hydrogen-bond donors (Lipinski definition) is 0. The second-order valence-electron chi connectivity index (χ2n) is 6.58. The van der Waals surface area contributed by atoms with Gasteiger partial charge in [-0.25, -0.2) is 9.97 Å². The van der Waals surface area contributed by atoms with E-state index in [1.54, 1.807) is 0 Å². The van der Waals surface area contributed by atoms with Crippen molar-refractivity contribution in [2.45, 2.75) is 0 Å². The van der Waals surface area contributed by atoms with E-state index < -0.39 is 0 Å². The molecule has 0 spiro atoms. The van der Waals surface area contributed by atoms with Crippen LogP contribution in [-0.2, 0) is 0 Å². The van der Waals surface area contributed by atoms with Crippen LogP contribution in [0.2, 0.25) is 0 Å². The molecule has 28 heavy (non-hydrogen) atoms. The summed E-state index contributed by atoms with van der Waals surface area (Å²) < 4.78 is 1.94. The summed E-state index contributed by atoms with van der Waals surface area (Å²) in [7, 11) is 0. The minimum absolute atomic E-state index is 0.957. The second-order valence-corrected chi connectivity index (χ2v) is 8.79. The molecule has 0 atom stereocenters. The van der Waals surface area contributed by atoms with Gasteiger partial charge in [0.05, 0.1) is 11.0 Å². The summed E-state index contributed by atoms with van der Waals surface area (Å²) in [4.78, 5) is 9.77. The third kappa shape index (κ3) is 3.18. The van der Waals surface area contributed by atoms with Crippen molar-refractivity contribution in [3.05, 3.63) is 92.3 Å². The lowest BCUT2D eigenvalue weighted by Gasteiger charge is -2.12. The Bertz CT molecular complexity index is 1210. The first kappa shape index (κ1) is 18.0. The molecule has 0 aliphatic rings. The van der Waals surface area contributed by atoms with Gasteiger partial charge in [-0.1, -0.05) is 72.8 Å². The van der Waals surface area contributed by atoms with E-state index in [1.807, 2.05) is 12.1 Å². The van der Waals surface area contributed by atoms with E-state index in [2.05, 4.69) is 118 Å². The van der Waals surface area contributed by atoms with Crippen LogP contribution in [0.5, 0.6) is 0 Å². The lowest BCUT2D eigenvalue weighted by molar-refractivity contribution is 1.31. The number of halogens is 2. The standard InChI is InChI=1S/C24H14I2N2/c25-21-13-19(15-7-3-1-4-8-15)17-11-12-18-20(16-9-5-2-6-10-16)14-22(26)28-24(18)23(17)27-21/h1-14H. The molecule has 0 aliphatic heterocycles. The maximum atomic E-state index is 4.89. The molecule has 0 bridgehead atoms. The molecule has 2 aromatic heterocycles. The SMILES string of the molecule is Ic1cc(-c2ccccc2)c2ccc3c(-c4ccccc4)cc(I)nc3c2n1. The van der Waals surface area contributed by atoms with Crippen molar-refractivity contribution in [3.8, 4) is 22.3 Å². The number of benzene rings is 3. The maximum Gasteiger partial charge on any atom is 0.102 e. The van der Waals surface area contributed by atoms with Crippen LogP contribution >= 0.6 is 45.2 Å². The van der Waals surface area contributed by atoms with Crippen molar-refractivity contribution in [1.29, 1.82) is 0 Å². The normalized spacial score (nSPS) is 11.2. The van der Waals surface area contributed by atoms with E-state index in [-0.39, 0.29) is 0 Å². The number of pyridine rings is 2. The first-order chi connectivity index (χ1) is 13.7. The molecule has 0 radical (unpaired) electrons. The number of hydrogen-bond acceptors (Lipinski definition) is 2. The number of rotatable bonds is 2. The highest BCUT2D eigenvalue weighted by atomic mass is 127. The van der Waals surface area contributed by atoms with Gasteiger partial charge in [0.25, 0.3) is 0 Å². The zero-order valence-corrected chi connectivity index (χ0v) is 19.0. The molecule has 0 N–H and O–H groups in total. The predicted molar refractivity (Wildman–Crippen MR) is 133 cm³/mol. The third-order valence-electron chi connectivity index (χ3n) is 4.87. The number of nitrogens with zero attached hydrogens (tertiary/aromatic N) is 2. The highest BCUT2D eigenvalue weighted by molar-refractivity contribution is 14.1. The highest BCUT2D eigenvalue weighted by Crippen LogP contribution is 2.36. The fourth-order valence-corrected chi connectivity index (χ4v) is 4.73. The van der Waals surface area contributed by atoms with Gasteiger partial charge < -0.3 is 0 Å². The minimum Gasteiger partial charge on any atom is -0.240 e. The van der Waals surface area contributed by atoms with Gasteiger partial charge in [0.1, 0.15) is 7.40 Å². The van der Waals surface area contributed by atoms with Crippen LogP contribution in [0.25, 0.3) is 44.1 Å². The zero-order chi connectivity index (χ0) is 19.1. The number of fused-ring (bicyclic) bond motifs is 3. The summed E-state index contributed by atoms with van der Waals surface area (Å²) in [5.74, 6) is 0. The summed E-state index contributed by atoms with van der Waals surface area (Å²) in [5, 5.41) is 2.26. The van der Waals surface area contributed by atoms with Gasteiger partial charge in [-0.05, 0) is 79.6 Å². The number of aromatic nitrogens is 2. The van der Waals surface area contributed by atoms with E-state index in [9.17, 15) is 0 Å². The molecular formula is C24H14I2N2. The van der Waals surface area contributed by atoms with Crippen LogP contribution in [0.1, 0.15) is 0 Å². The lowest BCUT2D eigenvalue weighted by atomic mass is 9.96. The van der Waals surface area contributed by atoms with Gasteiger partial charge in [0.15, 0.2) is 0 Å². The molecule has 0 fully saturated rings. The van der Waals surface area contributed by atoms with Crippen molar-refractivity contribution in [1.82, 2.24) is 9.97 Å². The van der Waals surface area contributed by atoms with Crippen molar-refractivity contribution >= 4 is 67.0 Å². The average molecular weight is 584 g/mol. The smallest absolute Gasteiger partial charge is 0.102 e. The molecule has 0 saturated carbocycles. The molecule has 3 aromatic carbocycles. The molecule has 5 rings (SSSR count). The molecule has 2 nitrogen and oxygen atoms in total. The van der Waals surface area contributed by atoms with E-state index in [4.69, 9.17) is 9.97 Å². The summed E-state index contributed by atoms with van der Waals surface area (Å²) in [6.07, 6.45) is 0. The molecular weight excluding hydrogens is 570 g/mol. The molecule has 4 heteroatoms. The van der Waals surface area contributed by atoms with Crippen LogP contribution in [0.3, 0.4) is 0 Å². The fraction of sp³-hybridized carbons (Fsp3) is 0. The van der Waals surface area contributed by atoms with Crippen LogP contribution in [0.4, 0.5) is 0 Å². The highest BCUT2D eigenvalue weighted by Gasteiger charge is 2.14. The van der Waals surface area contributed by atoms with Crippen LogP contribution in [-0.4, -0.2) is 9.97 Å². The molecule has 0 aliphatic carbocycles. The third-order valence-corrected chi connectivity index (χ3v) is 5.97. The van der Waals surface area contributed by atoms with E-state index >= 15 is 0 Å². The average Bonchev–Trinajstić information content (AvgIpc) is 2.74. The van der Waals surface area contributed by atoms with Crippen LogP contribution in [0.15, 0.2) is 84.9 Å². The Kier molecular flexibility index (Phi) is 4.76. The lowest BCUT2D eigenvalue weighted by Crippen LogP contribution is -1.94. The Labute approximate surface area is 190 Å². The molecule has 5 aromatic rings. The summed E-state index contributed by atoms with van der Waals surface area (Å²) in [6.45, 7) is 0. The van der Waals surface area contributed by atoms with Gasteiger partial charge >= 0.3 is 0 Å². The Balaban J connectivity index is 1.89. The fourth-order valence-electron chi connectivity index (χ4n) is 3.63. The van der Waals surface area contributed by atoms with Gasteiger partial charge in [0, 0.05) is 10.8 Å². The monoisotopic (exact) mass is 584 g/mol. The van der Waals surface area contributed by atoms with E-state index in [1.165, 1.54) is 22.3 Å². The molecule has 0 amide bonds. The van der Waals surface area contributed by atoms with Gasteiger partial charge in [-0.2, -0.15) is 0 Å². The van der Waals surface area contributed by atoms with E-state index in [0.717, 1.165) is 29.2 Å². The Hall–Kier alpha value is -2.06. The first-order valence-corrected chi connectivity index (χ1v) is 11.1. The summed E-state index contributed by atoms with van der Waals surface area (Å²) in [6, 6.07) is 29.6. The molecule has 0 unspecified atom stereocenters. The van der Waals surface area contributed by atoms with Crippen LogP contribution in [0, 0.1) is 7.40 Å². The quantitative estimate of drug-likeness (QED) is 0.124. The largest absolute Gasteiger partial charge is 0.240 e. The predicted octanol–water partition coefficient (Wildman–Crippen LogP) is 7.33. The zero-order valence-electron chi connectivity index (χ0n) is 14.7. The van der Waals surface area contributed by atoms with Crippen molar-refractivity contribution in [2.24, 2.45) is 0 Å². The van der Waals surface area contributed by atoms with Gasteiger partial charge in [0.2, 0.25) is 0 Å². The second kappa shape index (κ2) is 7.40. The molecule has 0 saturated heterocycles. The topological polar surface area (TPSA) is 25.8 Å². The first-order valence-electron chi connectivity index (χ1n) is 8.91. The van der Waals surface area contributed by atoms with Crippen molar-refractivity contribution in [2.75, 3.05) is 0 Å². The maximum absolute atomic E-state index is 4.89. The Morgan fingerprint density at radius 3 is 1.29 bits per heavy atom.